The molecule has 0 radical (unpaired) electrons. The van der Waals surface area contributed by atoms with Crippen molar-refractivity contribution in [3.05, 3.63) is 40.2 Å². The lowest BCUT2D eigenvalue weighted by Gasteiger charge is -2.12. The van der Waals surface area contributed by atoms with Gasteiger partial charge in [-0.1, -0.05) is 102 Å². The molecule has 0 bridgehead atoms. The van der Waals surface area contributed by atoms with Crippen molar-refractivity contribution in [2.45, 2.75) is 125 Å². The second-order valence-corrected chi connectivity index (χ2v) is 8.65. The molecule has 0 saturated carbocycles. The third-order valence-corrected chi connectivity index (χ3v) is 5.94. The average Bonchev–Trinajstić information content (AvgIpc) is 2.70. The number of nitrogens with zero attached hydrogens (tertiary/aromatic N) is 1. The van der Waals surface area contributed by atoms with Crippen LogP contribution in [-0.4, -0.2) is 4.98 Å². The second-order valence-electron chi connectivity index (χ2n) is 8.65. The molecular formula is C28H47N. The predicted molar refractivity (Wildman–Crippen MR) is 133 cm³/mol. The molecule has 0 aromatic carbocycles. The number of allylic oxidation sites excluding steroid dienone is 2. The molecule has 0 amide bonds. The fraction of sp³-hybridized carbons (Fsp3) is 0.679. The minimum absolute atomic E-state index is 1.16. The number of hydrogen-bond donors (Lipinski definition) is 0. The maximum absolute atomic E-state index is 4.83. The number of aromatic nitrogens is 1. The van der Waals surface area contributed by atoms with Crippen LogP contribution in [0.5, 0.6) is 0 Å². The summed E-state index contributed by atoms with van der Waals surface area (Å²) in [5, 5.41) is 0. The molecule has 0 spiro atoms. The van der Waals surface area contributed by atoms with Gasteiger partial charge in [-0.05, 0) is 63.1 Å². The summed E-state index contributed by atoms with van der Waals surface area (Å²) in [6.45, 7) is 11.1. The Morgan fingerprint density at radius 1 is 0.552 bits per heavy atom. The van der Waals surface area contributed by atoms with E-state index in [-0.39, 0.29) is 0 Å². The highest BCUT2D eigenvalue weighted by Crippen LogP contribution is 2.23. The molecule has 0 unspecified atom stereocenters. The van der Waals surface area contributed by atoms with Crippen LogP contribution in [0.3, 0.4) is 0 Å². The van der Waals surface area contributed by atoms with E-state index in [9.17, 15) is 0 Å². The normalized spacial score (nSPS) is 11.9. The summed E-state index contributed by atoms with van der Waals surface area (Å²) >= 11 is 0. The standard InChI is InChI=1S/C28H47N/c1-6-8-10-12-14-16-18-20-22-27-24(3)28(26(5)29-25(27)4)23-21-19-17-15-13-11-9-7-2/h20-23H,6-19H2,1-5H3/b22-20-,23-21+. The Kier molecular flexibility index (Phi) is 14.5. The van der Waals surface area contributed by atoms with E-state index in [1.54, 1.807) is 0 Å². The van der Waals surface area contributed by atoms with Crippen LogP contribution in [0.2, 0.25) is 0 Å². The summed E-state index contributed by atoms with van der Waals surface area (Å²) in [5.74, 6) is 0. The van der Waals surface area contributed by atoms with Crippen molar-refractivity contribution in [1.82, 2.24) is 4.98 Å². The van der Waals surface area contributed by atoms with Gasteiger partial charge < -0.3 is 0 Å². The zero-order valence-electron chi connectivity index (χ0n) is 20.2. The fourth-order valence-corrected chi connectivity index (χ4v) is 4.04. The molecular weight excluding hydrogens is 350 g/mol. The van der Waals surface area contributed by atoms with Gasteiger partial charge in [0.1, 0.15) is 0 Å². The second kappa shape index (κ2) is 16.4. The quantitative estimate of drug-likeness (QED) is 0.253. The molecule has 1 heteroatoms. The molecule has 0 aliphatic rings. The molecule has 29 heavy (non-hydrogen) atoms. The minimum Gasteiger partial charge on any atom is -0.257 e. The Morgan fingerprint density at radius 3 is 1.34 bits per heavy atom. The first-order valence-corrected chi connectivity index (χ1v) is 12.4. The summed E-state index contributed by atoms with van der Waals surface area (Å²) in [5.41, 5.74) is 6.34. The van der Waals surface area contributed by atoms with Crippen LogP contribution in [-0.2, 0) is 0 Å². The fourth-order valence-electron chi connectivity index (χ4n) is 4.04. The molecule has 1 nitrogen and oxygen atoms in total. The summed E-state index contributed by atoms with van der Waals surface area (Å²) in [6, 6.07) is 0. The third-order valence-electron chi connectivity index (χ3n) is 5.94. The van der Waals surface area contributed by atoms with E-state index < -0.39 is 0 Å². The SMILES string of the molecule is CCCCCCCC/C=C\c1c(C)nc(C)c(/C=C/CCCCCCCC)c1C. The van der Waals surface area contributed by atoms with Crippen molar-refractivity contribution in [2.75, 3.05) is 0 Å². The van der Waals surface area contributed by atoms with Crippen LogP contribution < -0.4 is 0 Å². The summed E-state index contributed by atoms with van der Waals surface area (Å²) < 4.78 is 0. The largest absolute Gasteiger partial charge is 0.257 e. The zero-order chi connectivity index (χ0) is 21.3. The highest BCUT2D eigenvalue weighted by molar-refractivity contribution is 5.66. The average molecular weight is 398 g/mol. The predicted octanol–water partition coefficient (Wildman–Crippen LogP) is 9.53. The third kappa shape index (κ3) is 10.8. The maximum Gasteiger partial charge on any atom is 0.0451 e. The van der Waals surface area contributed by atoms with Gasteiger partial charge in [0.15, 0.2) is 0 Å². The van der Waals surface area contributed by atoms with E-state index in [2.05, 4.69) is 58.9 Å². The van der Waals surface area contributed by atoms with Crippen molar-refractivity contribution in [1.29, 1.82) is 0 Å². The Hall–Kier alpha value is -1.37. The van der Waals surface area contributed by atoms with Crippen molar-refractivity contribution in [3.63, 3.8) is 0 Å². The molecule has 1 aromatic heterocycles. The topological polar surface area (TPSA) is 12.9 Å². The van der Waals surface area contributed by atoms with Gasteiger partial charge in [0.05, 0.1) is 0 Å². The number of unbranched alkanes of at least 4 members (excludes halogenated alkanes) is 12. The number of aryl methyl sites for hydroxylation is 2. The number of rotatable bonds is 16. The first-order chi connectivity index (χ1) is 14.1. The lowest BCUT2D eigenvalue weighted by atomic mass is 9.98. The molecule has 0 N–H and O–H groups in total. The highest BCUT2D eigenvalue weighted by atomic mass is 14.7. The van der Waals surface area contributed by atoms with Gasteiger partial charge in [-0.3, -0.25) is 4.98 Å². The van der Waals surface area contributed by atoms with E-state index in [0.717, 1.165) is 11.4 Å². The van der Waals surface area contributed by atoms with E-state index in [1.165, 1.54) is 107 Å². The molecule has 1 rings (SSSR count). The van der Waals surface area contributed by atoms with Crippen LogP contribution in [0, 0.1) is 20.8 Å². The highest BCUT2D eigenvalue weighted by Gasteiger charge is 2.08. The van der Waals surface area contributed by atoms with Gasteiger partial charge >= 0.3 is 0 Å². The van der Waals surface area contributed by atoms with E-state index in [0.29, 0.717) is 0 Å². The van der Waals surface area contributed by atoms with Crippen molar-refractivity contribution >= 4 is 12.2 Å². The van der Waals surface area contributed by atoms with Crippen molar-refractivity contribution in [2.24, 2.45) is 0 Å². The summed E-state index contributed by atoms with van der Waals surface area (Å²) in [6.07, 6.45) is 28.0. The zero-order valence-corrected chi connectivity index (χ0v) is 20.2. The Labute approximate surface area is 182 Å². The molecule has 0 aliphatic carbocycles. The summed E-state index contributed by atoms with van der Waals surface area (Å²) in [4.78, 5) is 4.83. The van der Waals surface area contributed by atoms with Crippen molar-refractivity contribution < 1.29 is 0 Å². The van der Waals surface area contributed by atoms with Gasteiger partial charge in [0.25, 0.3) is 0 Å². The number of pyridine rings is 1. The van der Waals surface area contributed by atoms with Crippen LogP contribution >= 0.6 is 0 Å². The Morgan fingerprint density at radius 2 is 0.931 bits per heavy atom. The Bertz CT molecular complexity index is 559. The van der Waals surface area contributed by atoms with E-state index in [1.807, 2.05) is 0 Å². The summed E-state index contributed by atoms with van der Waals surface area (Å²) in [7, 11) is 0. The molecule has 0 atom stereocenters. The molecule has 1 heterocycles. The minimum atomic E-state index is 1.16. The smallest absolute Gasteiger partial charge is 0.0451 e. The van der Waals surface area contributed by atoms with Crippen LogP contribution in [0.25, 0.3) is 12.2 Å². The molecule has 0 saturated heterocycles. The molecule has 164 valence electrons. The maximum atomic E-state index is 4.83. The molecule has 0 fully saturated rings. The van der Waals surface area contributed by atoms with Crippen LogP contribution in [0.15, 0.2) is 12.2 Å². The van der Waals surface area contributed by atoms with Gasteiger partial charge in [0, 0.05) is 11.4 Å². The Balaban J connectivity index is 2.54. The first-order valence-electron chi connectivity index (χ1n) is 12.4. The first kappa shape index (κ1) is 25.7. The van der Waals surface area contributed by atoms with Gasteiger partial charge in [0.2, 0.25) is 0 Å². The van der Waals surface area contributed by atoms with Gasteiger partial charge in [-0.15, -0.1) is 0 Å². The van der Waals surface area contributed by atoms with Crippen LogP contribution in [0.1, 0.15) is 132 Å². The molecule has 0 aliphatic heterocycles. The van der Waals surface area contributed by atoms with Crippen molar-refractivity contribution in [3.8, 4) is 0 Å². The van der Waals surface area contributed by atoms with Crippen LogP contribution in [0.4, 0.5) is 0 Å². The van der Waals surface area contributed by atoms with E-state index >= 15 is 0 Å². The monoisotopic (exact) mass is 397 g/mol. The van der Waals surface area contributed by atoms with Gasteiger partial charge in [-0.2, -0.15) is 0 Å². The van der Waals surface area contributed by atoms with E-state index in [4.69, 9.17) is 4.98 Å². The van der Waals surface area contributed by atoms with Gasteiger partial charge in [-0.25, -0.2) is 0 Å². The number of hydrogen-bond acceptors (Lipinski definition) is 1. The molecule has 1 aromatic rings. The lowest BCUT2D eigenvalue weighted by molar-refractivity contribution is 0.611. The lowest BCUT2D eigenvalue weighted by Crippen LogP contribution is -1.99.